The molecule has 0 saturated carbocycles. The minimum Gasteiger partial charge on any atom is -0.487 e. The van der Waals surface area contributed by atoms with E-state index in [-0.39, 0.29) is 69.6 Å². The summed E-state index contributed by atoms with van der Waals surface area (Å²) in [4.78, 5) is 3.49. The van der Waals surface area contributed by atoms with Crippen LogP contribution >= 0.6 is 0 Å². The van der Waals surface area contributed by atoms with Gasteiger partial charge in [0.1, 0.15) is 18.2 Å². The molecule has 0 aliphatic heterocycles. The van der Waals surface area contributed by atoms with Crippen molar-refractivity contribution in [2.24, 2.45) is 0 Å². The van der Waals surface area contributed by atoms with Crippen molar-refractivity contribution in [1.82, 2.24) is 4.98 Å². The first-order valence-corrected chi connectivity index (χ1v) is 5.47. The molecule has 0 fully saturated rings. The molecule has 100 valence electrons. The summed E-state index contributed by atoms with van der Waals surface area (Å²) in [6.45, 7) is -5.04. The van der Waals surface area contributed by atoms with Crippen LogP contribution in [0.25, 0.3) is 0 Å². The summed E-state index contributed by atoms with van der Waals surface area (Å²) in [6, 6.07) is 6.41. The Morgan fingerprint density at radius 2 is 1.70 bits per heavy atom. The second kappa shape index (κ2) is 7.56. The molecule has 8 heteroatoms. The van der Waals surface area contributed by atoms with Crippen LogP contribution in [-0.4, -0.2) is 12.0 Å². The van der Waals surface area contributed by atoms with E-state index in [1.807, 2.05) is 0 Å². The minimum absolute atomic E-state index is 0. The molecule has 0 aliphatic carbocycles. The normalized spacial score (nSPS) is 10.8. The molecule has 0 saturated heterocycles. The molecule has 0 spiro atoms. The molecule has 0 bridgehead atoms. The fraction of sp³-hybridized carbons (Fsp3) is 0.0833. The van der Waals surface area contributed by atoms with Gasteiger partial charge in [-0.05, 0) is 23.8 Å². The van der Waals surface area contributed by atoms with Crippen LogP contribution in [0.2, 0.25) is 0 Å². The molecule has 1 aromatic carbocycles. The minimum atomic E-state index is -5.09. The van der Waals surface area contributed by atoms with Crippen molar-refractivity contribution in [3.63, 3.8) is 0 Å². The van der Waals surface area contributed by atoms with Crippen molar-refractivity contribution in [3.8, 4) is 5.75 Å². The van der Waals surface area contributed by atoms with Gasteiger partial charge in [-0.15, -0.1) is 0 Å². The standard InChI is InChI=1S/C12H9BF4NO.K/c14-11-3-1-9(2-4-11)8-19-12-5-10(6-18-7-12)13(15,16)17;/h1-7H,8H2;/q-1;+1. The largest absolute Gasteiger partial charge is 1.00 e. The van der Waals surface area contributed by atoms with Crippen LogP contribution in [0.15, 0.2) is 42.7 Å². The maximum absolute atomic E-state index is 12.7. The first kappa shape index (κ1) is 17.6. The Balaban J connectivity index is 0.00000200. The van der Waals surface area contributed by atoms with E-state index < -0.39 is 12.4 Å². The second-order valence-electron chi connectivity index (χ2n) is 3.94. The molecule has 0 N–H and O–H groups in total. The summed E-state index contributed by atoms with van der Waals surface area (Å²) < 4.78 is 55.4. The summed E-state index contributed by atoms with van der Waals surface area (Å²) in [5.74, 6) is -0.354. The predicted molar refractivity (Wildman–Crippen MR) is 63.7 cm³/mol. The quantitative estimate of drug-likeness (QED) is 0.579. The Morgan fingerprint density at radius 1 is 1.05 bits per heavy atom. The Morgan fingerprint density at radius 3 is 2.30 bits per heavy atom. The zero-order valence-electron chi connectivity index (χ0n) is 10.7. The number of ether oxygens (including phenoxy) is 1. The van der Waals surface area contributed by atoms with Gasteiger partial charge in [-0.1, -0.05) is 17.6 Å². The van der Waals surface area contributed by atoms with Gasteiger partial charge in [0.2, 0.25) is 0 Å². The van der Waals surface area contributed by atoms with Crippen LogP contribution in [0.5, 0.6) is 5.75 Å². The second-order valence-corrected chi connectivity index (χ2v) is 3.94. The van der Waals surface area contributed by atoms with E-state index in [4.69, 9.17) is 4.74 Å². The van der Waals surface area contributed by atoms with Crippen molar-refractivity contribution in [2.45, 2.75) is 6.61 Å². The smallest absolute Gasteiger partial charge is 0.487 e. The van der Waals surface area contributed by atoms with Crippen LogP contribution in [0, 0.1) is 5.82 Å². The zero-order chi connectivity index (χ0) is 13.9. The van der Waals surface area contributed by atoms with Gasteiger partial charge >= 0.3 is 58.4 Å². The molecule has 2 aromatic rings. The molecule has 0 amide bonds. The van der Waals surface area contributed by atoms with Crippen molar-refractivity contribution in [3.05, 3.63) is 54.1 Å². The van der Waals surface area contributed by atoms with E-state index in [1.54, 1.807) is 0 Å². The van der Waals surface area contributed by atoms with Crippen LogP contribution in [-0.2, 0) is 6.61 Å². The van der Waals surface area contributed by atoms with Gasteiger partial charge in [-0.3, -0.25) is 4.98 Å². The Hall–Kier alpha value is -0.409. The van der Waals surface area contributed by atoms with Crippen molar-refractivity contribution in [2.75, 3.05) is 0 Å². The number of pyridine rings is 1. The van der Waals surface area contributed by atoms with Crippen LogP contribution in [0.3, 0.4) is 0 Å². The summed E-state index contributed by atoms with van der Waals surface area (Å²) in [5, 5.41) is 0. The van der Waals surface area contributed by atoms with Crippen molar-refractivity contribution >= 4 is 12.4 Å². The average Bonchev–Trinajstić information content (AvgIpc) is 2.37. The maximum atomic E-state index is 12.7. The number of benzene rings is 1. The molecule has 2 rings (SSSR count). The number of nitrogens with zero attached hydrogens (tertiary/aromatic N) is 1. The van der Waals surface area contributed by atoms with Gasteiger partial charge in [-0.25, -0.2) is 4.39 Å². The third kappa shape index (κ3) is 5.17. The number of halogens is 4. The summed E-state index contributed by atoms with van der Waals surface area (Å²) in [7, 11) is 0. The van der Waals surface area contributed by atoms with Crippen molar-refractivity contribution < 1.29 is 73.5 Å². The van der Waals surface area contributed by atoms with E-state index in [9.17, 15) is 17.3 Å². The molecule has 20 heavy (non-hydrogen) atoms. The van der Waals surface area contributed by atoms with Gasteiger partial charge in [0.05, 0.1) is 6.20 Å². The van der Waals surface area contributed by atoms with Gasteiger partial charge in [-0.2, -0.15) is 0 Å². The summed E-state index contributed by atoms with van der Waals surface area (Å²) in [5.41, 5.74) is -0.152. The summed E-state index contributed by atoms with van der Waals surface area (Å²) >= 11 is 0. The Labute approximate surface area is 156 Å². The van der Waals surface area contributed by atoms with Gasteiger partial charge in [0.15, 0.2) is 0 Å². The van der Waals surface area contributed by atoms with Crippen LogP contribution in [0.4, 0.5) is 17.3 Å². The Kier molecular flexibility index (Phi) is 6.67. The molecule has 0 radical (unpaired) electrons. The maximum Gasteiger partial charge on any atom is 1.00 e. The molecular weight excluding hydrogens is 300 g/mol. The molecule has 0 aliphatic rings. The van der Waals surface area contributed by atoms with E-state index in [1.165, 1.54) is 30.5 Å². The summed E-state index contributed by atoms with van der Waals surface area (Å²) in [6.07, 6.45) is 1.96. The number of aromatic nitrogens is 1. The van der Waals surface area contributed by atoms with E-state index in [0.717, 1.165) is 12.3 Å². The number of rotatable bonds is 4. The Bertz CT molecular complexity index is 562. The SMILES string of the molecule is Fc1ccc(COc2cncc([B-](F)(F)F)c2)cc1.[K+]. The predicted octanol–water partition coefficient (Wildman–Crippen LogP) is -0.142. The van der Waals surface area contributed by atoms with Crippen LogP contribution in [0.1, 0.15) is 5.56 Å². The first-order chi connectivity index (χ1) is 8.95. The van der Waals surface area contributed by atoms with E-state index >= 15 is 0 Å². The topological polar surface area (TPSA) is 22.1 Å². The average molecular weight is 309 g/mol. The fourth-order valence-corrected chi connectivity index (χ4v) is 1.44. The first-order valence-electron chi connectivity index (χ1n) is 5.47. The van der Waals surface area contributed by atoms with Crippen molar-refractivity contribution in [1.29, 1.82) is 0 Å². The third-order valence-electron chi connectivity index (χ3n) is 2.43. The van der Waals surface area contributed by atoms with Crippen LogP contribution < -0.4 is 61.6 Å². The zero-order valence-corrected chi connectivity index (χ0v) is 13.8. The molecular formula is C12H9BF4KNO. The number of hydrogen-bond donors (Lipinski definition) is 0. The molecule has 0 atom stereocenters. The monoisotopic (exact) mass is 309 g/mol. The van der Waals surface area contributed by atoms with E-state index in [2.05, 4.69) is 4.98 Å². The van der Waals surface area contributed by atoms with Gasteiger partial charge in [0.25, 0.3) is 0 Å². The van der Waals surface area contributed by atoms with E-state index in [0.29, 0.717) is 5.56 Å². The van der Waals surface area contributed by atoms with Gasteiger partial charge < -0.3 is 17.7 Å². The third-order valence-corrected chi connectivity index (χ3v) is 2.43. The van der Waals surface area contributed by atoms with Gasteiger partial charge in [0, 0.05) is 6.20 Å². The molecule has 1 aromatic heterocycles. The molecule has 1 heterocycles. The fourth-order valence-electron chi connectivity index (χ4n) is 1.44. The molecule has 2 nitrogen and oxygen atoms in total. The molecule has 0 unspecified atom stereocenters. The number of hydrogen-bond acceptors (Lipinski definition) is 2.